The van der Waals surface area contributed by atoms with Crippen molar-refractivity contribution in [3.05, 3.63) is 59.7 Å². The maximum absolute atomic E-state index is 12.0. The van der Waals surface area contributed by atoms with Crippen LogP contribution >= 0.6 is 0 Å². The van der Waals surface area contributed by atoms with E-state index in [9.17, 15) is 9.90 Å². The summed E-state index contributed by atoms with van der Waals surface area (Å²) in [5.41, 5.74) is 2.39. The van der Waals surface area contributed by atoms with Gasteiger partial charge < -0.3 is 10.4 Å². The lowest BCUT2D eigenvalue weighted by Crippen LogP contribution is -2.13. The average molecular weight is 225 g/mol. The monoisotopic (exact) mass is 225 g/mol. The van der Waals surface area contributed by atoms with E-state index in [1.165, 1.54) is 0 Å². The Balaban J connectivity index is 2.16. The molecule has 0 aliphatic carbocycles. The highest BCUT2D eigenvalue weighted by Crippen LogP contribution is 2.39. The SMILES string of the molecule is O=C1Nc2ccccc2C1c1ccccc1O. The summed E-state index contributed by atoms with van der Waals surface area (Å²) in [6, 6.07) is 14.5. The largest absolute Gasteiger partial charge is 0.508 e. The molecular weight excluding hydrogens is 214 g/mol. The van der Waals surface area contributed by atoms with Gasteiger partial charge in [-0.15, -0.1) is 0 Å². The first-order valence-corrected chi connectivity index (χ1v) is 5.45. The molecule has 1 aliphatic rings. The minimum atomic E-state index is -0.410. The van der Waals surface area contributed by atoms with E-state index in [2.05, 4.69) is 5.32 Å². The first kappa shape index (κ1) is 9.90. The number of fused-ring (bicyclic) bond motifs is 1. The fraction of sp³-hybridized carbons (Fsp3) is 0.0714. The standard InChI is InChI=1S/C14H11NO2/c16-12-8-4-2-6-10(12)13-9-5-1-3-7-11(9)15-14(13)17/h1-8,13,16H,(H,15,17). The van der Waals surface area contributed by atoms with Crippen molar-refractivity contribution in [2.45, 2.75) is 5.92 Å². The Morgan fingerprint density at radius 3 is 2.35 bits per heavy atom. The van der Waals surface area contributed by atoms with Gasteiger partial charge in [0.25, 0.3) is 0 Å². The number of carbonyl (C=O) groups is 1. The van der Waals surface area contributed by atoms with Crippen molar-refractivity contribution in [1.82, 2.24) is 0 Å². The quantitative estimate of drug-likeness (QED) is 0.783. The number of amides is 1. The summed E-state index contributed by atoms with van der Waals surface area (Å²) in [5.74, 6) is -0.343. The predicted octanol–water partition coefficient (Wildman–Crippen LogP) is 2.48. The van der Waals surface area contributed by atoms with Crippen molar-refractivity contribution in [2.75, 3.05) is 5.32 Å². The van der Waals surface area contributed by atoms with Crippen LogP contribution in [-0.4, -0.2) is 11.0 Å². The molecule has 1 amide bonds. The van der Waals surface area contributed by atoms with Crippen molar-refractivity contribution in [2.24, 2.45) is 0 Å². The zero-order valence-electron chi connectivity index (χ0n) is 9.05. The number of nitrogens with one attached hydrogen (secondary N) is 1. The van der Waals surface area contributed by atoms with Crippen LogP contribution in [0.25, 0.3) is 0 Å². The number of para-hydroxylation sites is 2. The highest BCUT2D eigenvalue weighted by Gasteiger charge is 2.32. The van der Waals surface area contributed by atoms with E-state index >= 15 is 0 Å². The fourth-order valence-electron chi connectivity index (χ4n) is 2.25. The Morgan fingerprint density at radius 1 is 0.941 bits per heavy atom. The third-order valence-corrected chi connectivity index (χ3v) is 3.04. The number of hydrogen-bond acceptors (Lipinski definition) is 2. The Hall–Kier alpha value is -2.29. The van der Waals surface area contributed by atoms with E-state index in [0.29, 0.717) is 5.56 Å². The molecule has 0 saturated carbocycles. The summed E-state index contributed by atoms with van der Waals surface area (Å²) in [4.78, 5) is 12.0. The topological polar surface area (TPSA) is 49.3 Å². The Kier molecular flexibility index (Phi) is 2.11. The van der Waals surface area contributed by atoms with Crippen LogP contribution in [0.15, 0.2) is 48.5 Å². The van der Waals surface area contributed by atoms with Gasteiger partial charge in [0.15, 0.2) is 0 Å². The van der Waals surface area contributed by atoms with Crippen molar-refractivity contribution >= 4 is 11.6 Å². The minimum Gasteiger partial charge on any atom is -0.508 e. The first-order chi connectivity index (χ1) is 8.27. The molecule has 0 spiro atoms. The second-order valence-corrected chi connectivity index (χ2v) is 4.07. The van der Waals surface area contributed by atoms with Crippen LogP contribution in [0.4, 0.5) is 5.69 Å². The van der Waals surface area contributed by atoms with Crippen LogP contribution in [0.2, 0.25) is 0 Å². The van der Waals surface area contributed by atoms with E-state index in [1.54, 1.807) is 18.2 Å². The Labute approximate surface area is 98.7 Å². The summed E-state index contributed by atoms with van der Waals surface area (Å²) < 4.78 is 0. The van der Waals surface area contributed by atoms with Crippen LogP contribution in [0.1, 0.15) is 17.0 Å². The lowest BCUT2D eigenvalue weighted by atomic mass is 9.92. The molecule has 0 fully saturated rings. The summed E-state index contributed by atoms with van der Waals surface area (Å²) in [7, 11) is 0. The van der Waals surface area contributed by atoms with E-state index < -0.39 is 5.92 Å². The predicted molar refractivity (Wildman–Crippen MR) is 65.0 cm³/mol. The second-order valence-electron chi connectivity index (χ2n) is 4.07. The molecule has 3 nitrogen and oxygen atoms in total. The highest BCUT2D eigenvalue weighted by atomic mass is 16.3. The average Bonchev–Trinajstić information content (AvgIpc) is 2.66. The summed E-state index contributed by atoms with van der Waals surface area (Å²) in [6.07, 6.45) is 0. The van der Waals surface area contributed by atoms with Gasteiger partial charge in [-0.2, -0.15) is 0 Å². The molecular formula is C14H11NO2. The molecule has 0 bridgehead atoms. The number of anilines is 1. The van der Waals surface area contributed by atoms with Crippen LogP contribution in [0.3, 0.4) is 0 Å². The molecule has 2 N–H and O–H groups in total. The smallest absolute Gasteiger partial charge is 0.236 e. The summed E-state index contributed by atoms with van der Waals surface area (Å²) in [6.45, 7) is 0. The maximum atomic E-state index is 12.0. The summed E-state index contributed by atoms with van der Waals surface area (Å²) in [5, 5.41) is 12.7. The molecule has 0 radical (unpaired) electrons. The van der Waals surface area contributed by atoms with Gasteiger partial charge in [-0.3, -0.25) is 4.79 Å². The normalized spacial score (nSPS) is 17.6. The second kappa shape index (κ2) is 3.63. The van der Waals surface area contributed by atoms with Crippen molar-refractivity contribution < 1.29 is 9.90 Å². The van der Waals surface area contributed by atoms with Crippen LogP contribution in [0, 0.1) is 0 Å². The van der Waals surface area contributed by atoms with Gasteiger partial charge in [0.05, 0.1) is 5.92 Å². The maximum Gasteiger partial charge on any atom is 0.236 e. The van der Waals surface area contributed by atoms with E-state index in [0.717, 1.165) is 11.3 Å². The van der Waals surface area contributed by atoms with Crippen LogP contribution in [0.5, 0.6) is 5.75 Å². The number of phenolic OH excluding ortho intramolecular Hbond substituents is 1. The van der Waals surface area contributed by atoms with E-state index in [1.807, 2.05) is 30.3 Å². The van der Waals surface area contributed by atoms with Gasteiger partial charge >= 0.3 is 0 Å². The van der Waals surface area contributed by atoms with Crippen molar-refractivity contribution in [1.29, 1.82) is 0 Å². The molecule has 1 atom stereocenters. The number of carbonyl (C=O) groups excluding carboxylic acids is 1. The van der Waals surface area contributed by atoms with Gasteiger partial charge in [-0.05, 0) is 17.7 Å². The number of phenols is 1. The van der Waals surface area contributed by atoms with Gasteiger partial charge in [0.1, 0.15) is 5.75 Å². The highest BCUT2D eigenvalue weighted by molar-refractivity contribution is 6.05. The van der Waals surface area contributed by atoms with Crippen LogP contribution < -0.4 is 5.32 Å². The van der Waals surface area contributed by atoms with Gasteiger partial charge in [0, 0.05) is 11.3 Å². The molecule has 3 rings (SSSR count). The minimum absolute atomic E-state index is 0.0901. The Bertz CT molecular complexity index is 592. The van der Waals surface area contributed by atoms with Gasteiger partial charge in [-0.1, -0.05) is 36.4 Å². The number of benzene rings is 2. The van der Waals surface area contributed by atoms with E-state index in [4.69, 9.17) is 0 Å². The molecule has 1 aliphatic heterocycles. The number of rotatable bonds is 1. The zero-order chi connectivity index (χ0) is 11.8. The number of aromatic hydroxyl groups is 1. The lowest BCUT2D eigenvalue weighted by molar-refractivity contribution is -0.116. The first-order valence-electron chi connectivity index (χ1n) is 5.45. The third-order valence-electron chi connectivity index (χ3n) is 3.04. The van der Waals surface area contributed by atoms with E-state index in [-0.39, 0.29) is 11.7 Å². The molecule has 0 saturated heterocycles. The molecule has 2 aromatic carbocycles. The van der Waals surface area contributed by atoms with Crippen LogP contribution in [-0.2, 0) is 4.79 Å². The molecule has 2 aromatic rings. The molecule has 3 heteroatoms. The van der Waals surface area contributed by atoms with Crippen molar-refractivity contribution in [3.8, 4) is 5.75 Å². The van der Waals surface area contributed by atoms with Crippen molar-refractivity contribution in [3.63, 3.8) is 0 Å². The molecule has 1 unspecified atom stereocenters. The van der Waals surface area contributed by atoms with Gasteiger partial charge in [0.2, 0.25) is 5.91 Å². The number of hydrogen-bond donors (Lipinski definition) is 2. The Morgan fingerprint density at radius 2 is 1.59 bits per heavy atom. The molecule has 17 heavy (non-hydrogen) atoms. The molecule has 84 valence electrons. The summed E-state index contributed by atoms with van der Waals surface area (Å²) >= 11 is 0. The van der Waals surface area contributed by atoms with Gasteiger partial charge in [-0.25, -0.2) is 0 Å². The third kappa shape index (κ3) is 1.47. The zero-order valence-corrected chi connectivity index (χ0v) is 9.05. The molecule has 1 heterocycles. The molecule has 0 aromatic heterocycles. The fourth-order valence-corrected chi connectivity index (χ4v) is 2.25. The lowest BCUT2D eigenvalue weighted by Gasteiger charge is -2.10.